The molecule has 0 radical (unpaired) electrons. The van der Waals surface area contributed by atoms with Gasteiger partial charge in [0, 0.05) is 12.1 Å². The van der Waals surface area contributed by atoms with E-state index in [1.165, 1.54) is 32.4 Å². The van der Waals surface area contributed by atoms with Crippen molar-refractivity contribution in [2.24, 2.45) is 0 Å². The highest BCUT2D eigenvalue weighted by molar-refractivity contribution is 4.85. The molecule has 1 rings (SSSR count). The van der Waals surface area contributed by atoms with Gasteiger partial charge < -0.3 is 10.2 Å². The summed E-state index contributed by atoms with van der Waals surface area (Å²) in [5, 5.41) is 3.55. The first-order valence-electron chi connectivity index (χ1n) is 5.79. The smallest absolute Gasteiger partial charge is 0.0110 e. The van der Waals surface area contributed by atoms with Crippen LogP contribution in [0.4, 0.5) is 0 Å². The van der Waals surface area contributed by atoms with Gasteiger partial charge in [-0.05, 0) is 38.9 Å². The molecule has 2 unspecified atom stereocenters. The fourth-order valence-electron chi connectivity index (χ4n) is 2.50. The molecule has 0 spiro atoms. The predicted octanol–water partition coefficient (Wildman–Crippen LogP) is 1.86. The minimum atomic E-state index is 0.788. The molecule has 0 aromatic carbocycles. The number of hydrogen-bond donors (Lipinski definition) is 1. The molecule has 0 saturated heterocycles. The molecule has 1 aliphatic carbocycles. The van der Waals surface area contributed by atoms with Crippen LogP contribution in [0.2, 0.25) is 0 Å². The highest BCUT2D eigenvalue weighted by Crippen LogP contribution is 2.23. The van der Waals surface area contributed by atoms with Crippen molar-refractivity contribution in [1.82, 2.24) is 10.2 Å². The van der Waals surface area contributed by atoms with Gasteiger partial charge in [-0.15, -0.1) is 0 Å². The van der Waals surface area contributed by atoms with Crippen molar-refractivity contribution in [1.29, 1.82) is 0 Å². The number of hydrogen-bond acceptors (Lipinski definition) is 2. The highest BCUT2D eigenvalue weighted by atomic mass is 15.2. The van der Waals surface area contributed by atoms with Gasteiger partial charge in [0.2, 0.25) is 0 Å². The summed E-state index contributed by atoms with van der Waals surface area (Å²) in [5.74, 6) is 0. The molecule has 0 aliphatic heterocycles. The van der Waals surface area contributed by atoms with Gasteiger partial charge in [0.15, 0.2) is 0 Å². The van der Waals surface area contributed by atoms with E-state index in [-0.39, 0.29) is 0 Å². The third kappa shape index (κ3) is 2.96. The molecule has 1 fully saturated rings. The van der Waals surface area contributed by atoms with Gasteiger partial charge in [0.25, 0.3) is 0 Å². The van der Waals surface area contributed by atoms with Gasteiger partial charge in [-0.1, -0.05) is 20.8 Å². The second-order valence-corrected chi connectivity index (χ2v) is 3.94. The first kappa shape index (κ1) is 11.0. The summed E-state index contributed by atoms with van der Waals surface area (Å²) in [6.45, 7) is 10.3. The molecule has 0 aromatic heterocycles. The Kier molecular flexibility index (Phi) is 4.74. The Balaban J connectivity index is 2.30. The van der Waals surface area contributed by atoms with Gasteiger partial charge in [0.05, 0.1) is 0 Å². The highest BCUT2D eigenvalue weighted by Gasteiger charge is 2.26. The average molecular weight is 184 g/mol. The quantitative estimate of drug-likeness (QED) is 0.701. The summed E-state index contributed by atoms with van der Waals surface area (Å²) in [7, 11) is 0. The maximum Gasteiger partial charge on any atom is 0.0110 e. The van der Waals surface area contributed by atoms with E-state index >= 15 is 0 Å². The van der Waals surface area contributed by atoms with E-state index in [1.807, 2.05) is 0 Å². The van der Waals surface area contributed by atoms with Crippen LogP contribution in [-0.4, -0.2) is 36.6 Å². The van der Waals surface area contributed by atoms with Crippen molar-refractivity contribution in [2.75, 3.05) is 19.6 Å². The fraction of sp³-hybridized carbons (Fsp3) is 1.00. The molecule has 1 aliphatic rings. The predicted molar refractivity (Wildman–Crippen MR) is 58.0 cm³/mol. The van der Waals surface area contributed by atoms with E-state index < -0.39 is 0 Å². The van der Waals surface area contributed by atoms with Crippen molar-refractivity contribution < 1.29 is 0 Å². The maximum atomic E-state index is 3.55. The molecule has 2 heteroatoms. The van der Waals surface area contributed by atoms with E-state index in [1.54, 1.807) is 0 Å². The van der Waals surface area contributed by atoms with E-state index in [2.05, 4.69) is 31.0 Å². The molecule has 13 heavy (non-hydrogen) atoms. The maximum absolute atomic E-state index is 3.55. The standard InChI is InChI=1S/C11H24N2/c1-4-12-10-7-8-11(9-10)13(5-2)6-3/h10-12H,4-9H2,1-3H3. The minimum absolute atomic E-state index is 0.788. The van der Waals surface area contributed by atoms with Gasteiger partial charge in [-0.3, -0.25) is 0 Å². The van der Waals surface area contributed by atoms with Crippen LogP contribution < -0.4 is 5.32 Å². The summed E-state index contributed by atoms with van der Waals surface area (Å²) in [5.41, 5.74) is 0. The molecule has 78 valence electrons. The Morgan fingerprint density at radius 3 is 2.38 bits per heavy atom. The van der Waals surface area contributed by atoms with E-state index in [0.717, 1.165) is 18.6 Å². The minimum Gasteiger partial charge on any atom is -0.314 e. The van der Waals surface area contributed by atoms with Crippen LogP contribution in [0.5, 0.6) is 0 Å². The molecule has 0 amide bonds. The third-order valence-electron chi connectivity index (χ3n) is 3.23. The summed E-state index contributed by atoms with van der Waals surface area (Å²) < 4.78 is 0. The van der Waals surface area contributed by atoms with Crippen molar-refractivity contribution in [2.45, 2.75) is 52.1 Å². The SMILES string of the molecule is CCNC1CCC(N(CC)CC)C1. The van der Waals surface area contributed by atoms with E-state index in [9.17, 15) is 0 Å². The third-order valence-corrected chi connectivity index (χ3v) is 3.23. The second kappa shape index (κ2) is 5.61. The molecule has 1 saturated carbocycles. The monoisotopic (exact) mass is 184 g/mol. The summed E-state index contributed by atoms with van der Waals surface area (Å²) in [6, 6.07) is 1.63. The molecule has 0 bridgehead atoms. The molecular formula is C11H24N2. The molecule has 2 nitrogen and oxygen atoms in total. The van der Waals surface area contributed by atoms with Crippen LogP contribution in [0.1, 0.15) is 40.0 Å². The van der Waals surface area contributed by atoms with Crippen LogP contribution in [0.3, 0.4) is 0 Å². The van der Waals surface area contributed by atoms with Gasteiger partial charge in [-0.25, -0.2) is 0 Å². The zero-order valence-electron chi connectivity index (χ0n) is 9.34. The van der Waals surface area contributed by atoms with E-state index in [4.69, 9.17) is 0 Å². The van der Waals surface area contributed by atoms with Gasteiger partial charge in [0.1, 0.15) is 0 Å². The first-order chi connectivity index (χ1) is 6.31. The van der Waals surface area contributed by atoms with Crippen molar-refractivity contribution in [3.63, 3.8) is 0 Å². The number of nitrogens with zero attached hydrogens (tertiary/aromatic N) is 1. The molecular weight excluding hydrogens is 160 g/mol. The largest absolute Gasteiger partial charge is 0.314 e. The van der Waals surface area contributed by atoms with E-state index in [0.29, 0.717) is 0 Å². The van der Waals surface area contributed by atoms with Gasteiger partial charge in [-0.2, -0.15) is 0 Å². The lowest BCUT2D eigenvalue weighted by atomic mass is 10.2. The normalized spacial score (nSPS) is 28.6. The molecule has 1 N–H and O–H groups in total. The first-order valence-corrected chi connectivity index (χ1v) is 5.79. The Bertz CT molecular complexity index is 132. The number of nitrogens with one attached hydrogen (secondary N) is 1. The molecule has 2 atom stereocenters. The average Bonchev–Trinajstić information content (AvgIpc) is 2.56. The van der Waals surface area contributed by atoms with Crippen molar-refractivity contribution >= 4 is 0 Å². The molecule has 0 aromatic rings. The Labute approximate surface area is 82.7 Å². The summed E-state index contributed by atoms with van der Waals surface area (Å²) in [4.78, 5) is 2.59. The zero-order valence-corrected chi connectivity index (χ0v) is 9.34. The Morgan fingerprint density at radius 2 is 1.85 bits per heavy atom. The lowest BCUT2D eigenvalue weighted by Crippen LogP contribution is -2.35. The summed E-state index contributed by atoms with van der Waals surface area (Å²) >= 11 is 0. The lowest BCUT2D eigenvalue weighted by Gasteiger charge is -2.26. The Hall–Kier alpha value is -0.0800. The van der Waals surface area contributed by atoms with Crippen LogP contribution in [0.15, 0.2) is 0 Å². The topological polar surface area (TPSA) is 15.3 Å². The van der Waals surface area contributed by atoms with Gasteiger partial charge >= 0.3 is 0 Å². The number of rotatable bonds is 5. The zero-order chi connectivity index (χ0) is 9.68. The van der Waals surface area contributed by atoms with Crippen LogP contribution >= 0.6 is 0 Å². The lowest BCUT2D eigenvalue weighted by molar-refractivity contribution is 0.217. The second-order valence-electron chi connectivity index (χ2n) is 3.94. The van der Waals surface area contributed by atoms with Crippen LogP contribution in [0, 0.1) is 0 Å². The molecule has 0 heterocycles. The van der Waals surface area contributed by atoms with Crippen molar-refractivity contribution in [3.05, 3.63) is 0 Å². The summed E-state index contributed by atoms with van der Waals surface area (Å²) in [6.07, 6.45) is 4.11. The Morgan fingerprint density at radius 1 is 1.15 bits per heavy atom. The van der Waals surface area contributed by atoms with Crippen LogP contribution in [-0.2, 0) is 0 Å². The van der Waals surface area contributed by atoms with Crippen molar-refractivity contribution in [3.8, 4) is 0 Å². The van der Waals surface area contributed by atoms with Crippen LogP contribution in [0.25, 0.3) is 0 Å². The fourth-order valence-corrected chi connectivity index (χ4v) is 2.50.